The van der Waals surface area contributed by atoms with Crippen LogP contribution in [0.5, 0.6) is 0 Å². The Labute approximate surface area is 175 Å². The Kier molecular flexibility index (Phi) is 5.55. The Morgan fingerprint density at radius 3 is 2.47 bits per heavy atom. The summed E-state index contributed by atoms with van der Waals surface area (Å²) in [6.07, 6.45) is -1.31. The lowest BCUT2D eigenvalue weighted by Gasteiger charge is -2.31. The molecule has 30 heavy (non-hydrogen) atoms. The number of alkyl halides is 3. The molecule has 2 aromatic heterocycles. The van der Waals surface area contributed by atoms with E-state index in [2.05, 4.69) is 20.4 Å². The molecule has 0 unspecified atom stereocenters. The summed E-state index contributed by atoms with van der Waals surface area (Å²) in [6, 6.07) is 8.35. The fourth-order valence-corrected chi connectivity index (χ4v) is 3.72. The quantitative estimate of drug-likeness (QED) is 0.671. The summed E-state index contributed by atoms with van der Waals surface area (Å²) in [5, 5.41) is 11.8. The highest BCUT2D eigenvalue weighted by molar-refractivity contribution is 6.30. The van der Waals surface area contributed by atoms with Crippen molar-refractivity contribution in [3.63, 3.8) is 0 Å². The van der Waals surface area contributed by atoms with Crippen molar-refractivity contribution >= 4 is 29.1 Å². The van der Waals surface area contributed by atoms with Gasteiger partial charge in [-0.3, -0.25) is 9.20 Å². The molecule has 3 heterocycles. The molecule has 1 amide bonds. The molecule has 0 saturated carbocycles. The number of fused-ring (bicyclic) bond motifs is 1. The largest absolute Gasteiger partial charge is 0.416 e. The van der Waals surface area contributed by atoms with Crippen LogP contribution in [0.4, 0.5) is 19.1 Å². The van der Waals surface area contributed by atoms with E-state index in [1.807, 2.05) is 4.40 Å². The van der Waals surface area contributed by atoms with Crippen LogP contribution in [0.15, 0.2) is 42.6 Å². The average Bonchev–Trinajstić information content (AvgIpc) is 3.15. The number of hydrogen-bond donors (Lipinski definition) is 1. The number of rotatable bonds is 4. The molecule has 0 bridgehead atoms. The molecule has 158 valence electrons. The van der Waals surface area contributed by atoms with Gasteiger partial charge in [-0.25, -0.2) is 0 Å². The highest BCUT2D eigenvalue weighted by Gasteiger charge is 2.30. The van der Waals surface area contributed by atoms with Crippen molar-refractivity contribution in [3.05, 3.63) is 58.7 Å². The van der Waals surface area contributed by atoms with Gasteiger partial charge in [-0.15, -0.1) is 10.2 Å². The lowest BCUT2D eigenvalue weighted by Crippen LogP contribution is -2.41. The molecular formula is C20H19ClF3N5O. The summed E-state index contributed by atoms with van der Waals surface area (Å²) in [7, 11) is 0. The lowest BCUT2D eigenvalue weighted by molar-refractivity contribution is -0.137. The predicted molar refractivity (Wildman–Crippen MR) is 106 cm³/mol. The summed E-state index contributed by atoms with van der Waals surface area (Å²) in [5.74, 6) is 0.443. The van der Waals surface area contributed by atoms with Gasteiger partial charge in [0.1, 0.15) is 0 Å². The van der Waals surface area contributed by atoms with Crippen molar-refractivity contribution in [1.29, 1.82) is 0 Å². The van der Waals surface area contributed by atoms with E-state index in [0.29, 0.717) is 48.1 Å². The molecule has 0 aliphatic carbocycles. The Hall–Kier alpha value is -2.81. The van der Waals surface area contributed by atoms with Crippen molar-refractivity contribution in [2.24, 2.45) is 5.92 Å². The fraction of sp³-hybridized carbons (Fsp3) is 0.350. The molecule has 1 N–H and O–H groups in total. The van der Waals surface area contributed by atoms with Crippen LogP contribution < -0.4 is 10.2 Å². The normalized spacial score (nSPS) is 15.5. The number of amides is 1. The lowest BCUT2D eigenvalue weighted by atomic mass is 9.96. The first kappa shape index (κ1) is 20.5. The highest BCUT2D eigenvalue weighted by atomic mass is 35.5. The number of halogens is 4. The predicted octanol–water partition coefficient (Wildman–Crippen LogP) is 3.93. The molecule has 0 radical (unpaired) electrons. The van der Waals surface area contributed by atoms with E-state index in [1.165, 1.54) is 12.1 Å². The van der Waals surface area contributed by atoms with E-state index in [9.17, 15) is 18.0 Å². The van der Waals surface area contributed by atoms with E-state index in [4.69, 9.17) is 11.6 Å². The topological polar surface area (TPSA) is 62.5 Å². The van der Waals surface area contributed by atoms with Crippen molar-refractivity contribution in [3.8, 4) is 0 Å². The minimum atomic E-state index is -4.36. The van der Waals surface area contributed by atoms with Crippen molar-refractivity contribution < 1.29 is 18.0 Å². The molecule has 1 aliphatic heterocycles. The number of hydrogen-bond acceptors (Lipinski definition) is 4. The Morgan fingerprint density at radius 2 is 1.80 bits per heavy atom. The van der Waals surface area contributed by atoms with Crippen LogP contribution in [0.1, 0.15) is 24.0 Å². The first-order valence-corrected chi connectivity index (χ1v) is 9.88. The zero-order valence-corrected chi connectivity index (χ0v) is 16.6. The van der Waals surface area contributed by atoms with E-state index < -0.39 is 11.7 Å². The second-order valence-electron chi connectivity index (χ2n) is 7.25. The number of nitrogens with one attached hydrogen (secondary N) is 1. The number of piperidine rings is 1. The number of carbonyl (C=O) groups excluding carboxylic acids is 1. The van der Waals surface area contributed by atoms with Crippen molar-refractivity contribution in [2.75, 3.05) is 18.0 Å². The van der Waals surface area contributed by atoms with Crippen LogP contribution in [-0.4, -0.2) is 33.6 Å². The van der Waals surface area contributed by atoms with Gasteiger partial charge in [0.25, 0.3) is 0 Å². The Morgan fingerprint density at radius 1 is 1.10 bits per heavy atom. The third kappa shape index (κ3) is 4.35. The van der Waals surface area contributed by atoms with E-state index in [0.717, 1.165) is 12.1 Å². The Balaban J connectivity index is 1.31. The zero-order valence-electron chi connectivity index (χ0n) is 15.9. The monoisotopic (exact) mass is 437 g/mol. The maximum absolute atomic E-state index is 12.6. The van der Waals surface area contributed by atoms with Gasteiger partial charge in [-0.2, -0.15) is 13.2 Å². The molecule has 1 aromatic carbocycles. The molecule has 1 aliphatic rings. The van der Waals surface area contributed by atoms with Gasteiger partial charge in [0.15, 0.2) is 5.65 Å². The number of carbonyl (C=O) groups is 1. The van der Waals surface area contributed by atoms with Crippen LogP contribution in [0.2, 0.25) is 5.02 Å². The molecule has 1 saturated heterocycles. The van der Waals surface area contributed by atoms with Gasteiger partial charge in [0.2, 0.25) is 11.9 Å². The Bertz CT molecular complexity index is 1040. The van der Waals surface area contributed by atoms with E-state index in [1.54, 1.807) is 18.3 Å². The molecule has 4 rings (SSSR count). The van der Waals surface area contributed by atoms with Gasteiger partial charge in [-0.1, -0.05) is 23.7 Å². The standard InChI is InChI=1S/C20H19ClF3N5O/c21-16-5-6-17-26-27-19(29(17)12-16)28-9-7-14(8-10-28)18(30)25-11-13-1-3-15(4-2-13)20(22,23)24/h1-6,12,14H,7-11H2,(H,25,30). The summed E-state index contributed by atoms with van der Waals surface area (Å²) < 4.78 is 39.7. The fourth-order valence-electron chi connectivity index (χ4n) is 3.56. The molecular weight excluding hydrogens is 419 g/mol. The number of pyridine rings is 1. The summed E-state index contributed by atoms with van der Waals surface area (Å²) in [5.41, 5.74) is 0.624. The third-order valence-electron chi connectivity index (χ3n) is 5.24. The van der Waals surface area contributed by atoms with Gasteiger partial charge in [0, 0.05) is 31.7 Å². The molecule has 1 fully saturated rings. The van der Waals surface area contributed by atoms with Crippen LogP contribution >= 0.6 is 11.6 Å². The maximum atomic E-state index is 12.6. The molecule has 6 nitrogen and oxygen atoms in total. The third-order valence-corrected chi connectivity index (χ3v) is 5.47. The van der Waals surface area contributed by atoms with Crippen LogP contribution in [-0.2, 0) is 17.5 Å². The second kappa shape index (κ2) is 8.14. The SMILES string of the molecule is O=C(NCc1ccc(C(F)(F)F)cc1)C1CCN(c2nnc3ccc(Cl)cn23)CC1. The van der Waals surface area contributed by atoms with Crippen LogP contribution in [0.25, 0.3) is 5.65 Å². The van der Waals surface area contributed by atoms with Gasteiger partial charge < -0.3 is 10.2 Å². The minimum absolute atomic E-state index is 0.0938. The van der Waals surface area contributed by atoms with Crippen LogP contribution in [0, 0.1) is 5.92 Å². The van der Waals surface area contributed by atoms with Gasteiger partial charge in [0.05, 0.1) is 10.6 Å². The molecule has 0 spiro atoms. The number of nitrogens with zero attached hydrogens (tertiary/aromatic N) is 4. The average molecular weight is 438 g/mol. The minimum Gasteiger partial charge on any atom is -0.352 e. The van der Waals surface area contributed by atoms with Gasteiger partial charge in [-0.05, 0) is 42.7 Å². The van der Waals surface area contributed by atoms with Gasteiger partial charge >= 0.3 is 6.18 Å². The smallest absolute Gasteiger partial charge is 0.352 e. The summed E-state index contributed by atoms with van der Waals surface area (Å²) >= 11 is 6.06. The van der Waals surface area contributed by atoms with Crippen LogP contribution in [0.3, 0.4) is 0 Å². The first-order chi connectivity index (χ1) is 14.3. The summed E-state index contributed by atoms with van der Waals surface area (Å²) in [6.45, 7) is 1.49. The first-order valence-electron chi connectivity index (χ1n) is 9.50. The second-order valence-corrected chi connectivity index (χ2v) is 7.69. The molecule has 0 atom stereocenters. The highest BCUT2D eigenvalue weighted by Crippen LogP contribution is 2.29. The van der Waals surface area contributed by atoms with Crippen molar-refractivity contribution in [1.82, 2.24) is 19.9 Å². The number of benzene rings is 1. The van der Waals surface area contributed by atoms with E-state index in [-0.39, 0.29) is 18.4 Å². The van der Waals surface area contributed by atoms with Crippen molar-refractivity contribution in [2.45, 2.75) is 25.6 Å². The zero-order chi connectivity index (χ0) is 21.3. The number of anilines is 1. The molecule has 10 heteroatoms. The summed E-state index contributed by atoms with van der Waals surface area (Å²) in [4.78, 5) is 14.6. The number of aromatic nitrogens is 3. The maximum Gasteiger partial charge on any atom is 0.416 e. The van der Waals surface area contributed by atoms with E-state index >= 15 is 0 Å². The molecule has 3 aromatic rings.